The van der Waals surface area contributed by atoms with Crippen molar-refractivity contribution < 1.29 is 9.90 Å². The van der Waals surface area contributed by atoms with Crippen LogP contribution < -0.4 is 10.6 Å². The molecule has 4 nitrogen and oxygen atoms in total. The van der Waals surface area contributed by atoms with Crippen molar-refractivity contribution in [2.75, 3.05) is 20.1 Å². The van der Waals surface area contributed by atoms with Gasteiger partial charge < -0.3 is 15.7 Å². The first-order valence-electron chi connectivity index (χ1n) is 5.23. The van der Waals surface area contributed by atoms with Gasteiger partial charge in [0.05, 0.1) is 6.10 Å². The minimum Gasteiger partial charge on any atom is -0.393 e. The molecule has 14 heavy (non-hydrogen) atoms. The van der Waals surface area contributed by atoms with Gasteiger partial charge in [-0.05, 0) is 25.8 Å². The topological polar surface area (TPSA) is 61.4 Å². The van der Waals surface area contributed by atoms with Crippen LogP contribution in [0.25, 0.3) is 0 Å². The zero-order valence-electron chi connectivity index (χ0n) is 8.92. The number of carbonyl (C=O) groups excluding carboxylic acids is 1. The number of aliphatic hydroxyl groups excluding tert-OH is 1. The molecule has 0 heterocycles. The lowest BCUT2D eigenvalue weighted by atomic mass is 9.82. The standard InChI is InChI=1S/C10H20N2O2/c1-7(5-11-2)10(14)12-6-8-3-9(13)4-8/h7-9,11,13H,3-6H2,1-2H3,(H,12,14). The molecule has 82 valence electrons. The summed E-state index contributed by atoms with van der Waals surface area (Å²) in [6.45, 7) is 3.32. The molecule has 1 amide bonds. The lowest BCUT2D eigenvalue weighted by Crippen LogP contribution is -2.41. The smallest absolute Gasteiger partial charge is 0.224 e. The average Bonchev–Trinajstić information content (AvgIpc) is 2.10. The van der Waals surface area contributed by atoms with Gasteiger partial charge in [0, 0.05) is 19.0 Å². The van der Waals surface area contributed by atoms with Gasteiger partial charge in [0.25, 0.3) is 0 Å². The van der Waals surface area contributed by atoms with Crippen molar-refractivity contribution in [2.24, 2.45) is 11.8 Å². The number of amides is 1. The second kappa shape index (κ2) is 5.32. The lowest BCUT2D eigenvalue weighted by molar-refractivity contribution is -0.124. The van der Waals surface area contributed by atoms with E-state index in [2.05, 4.69) is 10.6 Å². The van der Waals surface area contributed by atoms with E-state index in [-0.39, 0.29) is 17.9 Å². The summed E-state index contributed by atoms with van der Waals surface area (Å²) in [5.74, 6) is 0.599. The summed E-state index contributed by atoms with van der Waals surface area (Å²) < 4.78 is 0. The second-order valence-corrected chi connectivity index (χ2v) is 4.20. The Labute approximate surface area is 85.1 Å². The number of hydrogen-bond acceptors (Lipinski definition) is 3. The van der Waals surface area contributed by atoms with Crippen molar-refractivity contribution in [3.8, 4) is 0 Å². The molecule has 0 aromatic heterocycles. The summed E-state index contributed by atoms with van der Waals surface area (Å²) in [6.07, 6.45) is 1.54. The Bertz CT molecular complexity index is 191. The van der Waals surface area contributed by atoms with E-state index in [4.69, 9.17) is 5.11 Å². The van der Waals surface area contributed by atoms with Crippen LogP contribution >= 0.6 is 0 Å². The summed E-state index contributed by atoms with van der Waals surface area (Å²) in [7, 11) is 1.84. The highest BCUT2D eigenvalue weighted by molar-refractivity contribution is 5.78. The van der Waals surface area contributed by atoms with Crippen molar-refractivity contribution in [3.05, 3.63) is 0 Å². The van der Waals surface area contributed by atoms with Crippen LogP contribution in [-0.4, -0.2) is 37.3 Å². The molecule has 3 N–H and O–H groups in total. The number of aliphatic hydroxyl groups is 1. The van der Waals surface area contributed by atoms with Crippen LogP contribution in [-0.2, 0) is 4.79 Å². The largest absolute Gasteiger partial charge is 0.393 e. The molecule has 0 aromatic rings. The molecule has 0 spiro atoms. The molecule has 1 rings (SSSR count). The maximum absolute atomic E-state index is 11.4. The Morgan fingerprint density at radius 1 is 1.57 bits per heavy atom. The van der Waals surface area contributed by atoms with Crippen molar-refractivity contribution in [3.63, 3.8) is 0 Å². The van der Waals surface area contributed by atoms with Crippen LogP contribution in [0.3, 0.4) is 0 Å². The van der Waals surface area contributed by atoms with Crippen LogP contribution in [0.15, 0.2) is 0 Å². The third kappa shape index (κ3) is 3.27. The quantitative estimate of drug-likeness (QED) is 0.572. The fourth-order valence-electron chi connectivity index (χ4n) is 1.69. The molecule has 0 saturated heterocycles. The lowest BCUT2D eigenvalue weighted by Gasteiger charge is -2.31. The predicted molar refractivity (Wildman–Crippen MR) is 54.8 cm³/mol. The number of nitrogens with one attached hydrogen (secondary N) is 2. The molecule has 4 heteroatoms. The molecule has 0 bridgehead atoms. The van der Waals surface area contributed by atoms with E-state index < -0.39 is 0 Å². The van der Waals surface area contributed by atoms with E-state index in [9.17, 15) is 4.79 Å². The first-order valence-corrected chi connectivity index (χ1v) is 5.23. The van der Waals surface area contributed by atoms with Crippen LogP contribution in [0.1, 0.15) is 19.8 Å². The van der Waals surface area contributed by atoms with E-state index in [1.807, 2.05) is 14.0 Å². The third-order valence-corrected chi connectivity index (χ3v) is 2.73. The van der Waals surface area contributed by atoms with E-state index in [0.29, 0.717) is 19.0 Å². The predicted octanol–water partition coefficient (Wildman–Crippen LogP) is -0.271. The zero-order chi connectivity index (χ0) is 10.6. The molecule has 1 atom stereocenters. The fraction of sp³-hybridized carbons (Fsp3) is 0.900. The molecular formula is C10H20N2O2. The minimum absolute atomic E-state index is 0.0185. The first kappa shape index (κ1) is 11.5. The Balaban J connectivity index is 2.08. The average molecular weight is 200 g/mol. The maximum Gasteiger partial charge on any atom is 0.224 e. The minimum atomic E-state index is -0.133. The molecule has 0 radical (unpaired) electrons. The van der Waals surface area contributed by atoms with Gasteiger partial charge in [0.2, 0.25) is 5.91 Å². The van der Waals surface area contributed by atoms with Crippen LogP contribution in [0, 0.1) is 11.8 Å². The first-order chi connectivity index (χ1) is 6.63. The summed E-state index contributed by atoms with van der Waals surface area (Å²) >= 11 is 0. The van der Waals surface area contributed by atoms with Crippen LogP contribution in [0.4, 0.5) is 0 Å². The molecule has 0 aromatic carbocycles. The second-order valence-electron chi connectivity index (χ2n) is 4.20. The summed E-state index contributed by atoms with van der Waals surface area (Å²) in [6, 6.07) is 0. The van der Waals surface area contributed by atoms with Gasteiger partial charge in [-0.3, -0.25) is 4.79 Å². The van der Waals surface area contributed by atoms with E-state index >= 15 is 0 Å². The van der Waals surface area contributed by atoms with Crippen LogP contribution in [0.5, 0.6) is 0 Å². The van der Waals surface area contributed by atoms with E-state index in [1.165, 1.54) is 0 Å². The molecule has 1 aliphatic carbocycles. The number of hydrogen-bond donors (Lipinski definition) is 3. The van der Waals surface area contributed by atoms with Gasteiger partial charge in [-0.1, -0.05) is 6.92 Å². The normalized spacial score (nSPS) is 27.9. The third-order valence-electron chi connectivity index (χ3n) is 2.73. The highest BCUT2D eigenvalue weighted by Gasteiger charge is 2.27. The number of rotatable bonds is 5. The van der Waals surface area contributed by atoms with Crippen molar-refractivity contribution in [2.45, 2.75) is 25.9 Å². The highest BCUT2D eigenvalue weighted by atomic mass is 16.3. The summed E-state index contributed by atoms with van der Waals surface area (Å²) in [5, 5.41) is 14.9. The summed E-state index contributed by atoms with van der Waals surface area (Å²) in [4.78, 5) is 11.4. The Hall–Kier alpha value is -0.610. The Morgan fingerprint density at radius 3 is 2.71 bits per heavy atom. The molecule has 1 aliphatic rings. The highest BCUT2D eigenvalue weighted by Crippen LogP contribution is 2.26. The monoisotopic (exact) mass is 200 g/mol. The zero-order valence-corrected chi connectivity index (χ0v) is 8.92. The fourth-order valence-corrected chi connectivity index (χ4v) is 1.69. The molecule has 0 aliphatic heterocycles. The van der Waals surface area contributed by atoms with Gasteiger partial charge >= 0.3 is 0 Å². The van der Waals surface area contributed by atoms with Gasteiger partial charge in [0.15, 0.2) is 0 Å². The molecule has 1 fully saturated rings. The van der Waals surface area contributed by atoms with Gasteiger partial charge in [-0.2, -0.15) is 0 Å². The Morgan fingerprint density at radius 2 is 2.21 bits per heavy atom. The van der Waals surface area contributed by atoms with Crippen LogP contribution in [0.2, 0.25) is 0 Å². The molecule has 1 unspecified atom stereocenters. The Kier molecular flexibility index (Phi) is 4.35. The van der Waals surface area contributed by atoms with E-state index in [1.54, 1.807) is 0 Å². The SMILES string of the molecule is CNCC(C)C(=O)NCC1CC(O)C1. The van der Waals surface area contributed by atoms with Gasteiger partial charge in [0.1, 0.15) is 0 Å². The maximum atomic E-state index is 11.4. The van der Waals surface area contributed by atoms with Crippen molar-refractivity contribution >= 4 is 5.91 Å². The van der Waals surface area contributed by atoms with E-state index in [0.717, 1.165) is 12.8 Å². The molecular weight excluding hydrogens is 180 g/mol. The van der Waals surface area contributed by atoms with Crippen molar-refractivity contribution in [1.29, 1.82) is 0 Å². The van der Waals surface area contributed by atoms with Gasteiger partial charge in [-0.25, -0.2) is 0 Å². The van der Waals surface area contributed by atoms with Crippen molar-refractivity contribution in [1.82, 2.24) is 10.6 Å². The van der Waals surface area contributed by atoms with Gasteiger partial charge in [-0.15, -0.1) is 0 Å². The number of carbonyl (C=O) groups is 1. The molecule has 1 saturated carbocycles. The summed E-state index contributed by atoms with van der Waals surface area (Å²) in [5.41, 5.74) is 0.